The lowest BCUT2D eigenvalue weighted by atomic mass is 9.88. The van der Waals surface area contributed by atoms with Crippen LogP contribution < -0.4 is 0 Å². The van der Waals surface area contributed by atoms with Crippen LogP contribution in [-0.4, -0.2) is 19.5 Å². The van der Waals surface area contributed by atoms with Crippen LogP contribution in [0.5, 0.6) is 0 Å². The van der Waals surface area contributed by atoms with E-state index in [4.69, 9.17) is 4.74 Å². The molecule has 0 aromatic carbocycles. The Balaban J connectivity index is 2.31. The van der Waals surface area contributed by atoms with E-state index in [-0.39, 0.29) is 0 Å². The minimum absolute atomic E-state index is 0.353. The Morgan fingerprint density at radius 1 is 1.33 bits per heavy atom. The Labute approximate surface area is 93.4 Å². The van der Waals surface area contributed by atoms with E-state index in [2.05, 4.69) is 6.92 Å². The van der Waals surface area contributed by atoms with Gasteiger partial charge in [-0.05, 0) is 25.2 Å². The summed E-state index contributed by atoms with van der Waals surface area (Å²) in [7, 11) is 1.74. The van der Waals surface area contributed by atoms with E-state index in [1.165, 1.54) is 19.3 Å². The standard InChI is InChI=1S/C13H24O2/c1-3-4-5-6-12-11(9-10-15-2)7-8-13(12)14/h11-12H,3-10H2,1-2H3. The summed E-state index contributed by atoms with van der Waals surface area (Å²) in [6.45, 7) is 3.01. The maximum absolute atomic E-state index is 11.7. The molecule has 88 valence electrons. The third-order valence-corrected chi connectivity index (χ3v) is 3.56. The van der Waals surface area contributed by atoms with Crippen molar-refractivity contribution in [1.82, 2.24) is 0 Å². The first-order valence-electron chi connectivity index (χ1n) is 6.31. The van der Waals surface area contributed by atoms with Gasteiger partial charge in [0.25, 0.3) is 0 Å². The van der Waals surface area contributed by atoms with Gasteiger partial charge in [0.05, 0.1) is 0 Å². The number of Topliss-reactive ketones (excluding diaryl/α,β-unsaturated/α-hetero) is 1. The van der Waals surface area contributed by atoms with Gasteiger partial charge in [-0.3, -0.25) is 4.79 Å². The third kappa shape index (κ3) is 3.94. The van der Waals surface area contributed by atoms with E-state index in [0.29, 0.717) is 17.6 Å². The van der Waals surface area contributed by atoms with Crippen LogP contribution in [-0.2, 0) is 9.53 Å². The number of methoxy groups -OCH3 is 1. The quantitative estimate of drug-likeness (QED) is 0.606. The fraction of sp³-hybridized carbons (Fsp3) is 0.923. The van der Waals surface area contributed by atoms with Gasteiger partial charge in [-0.15, -0.1) is 0 Å². The SMILES string of the molecule is CCCCCC1C(=O)CCC1CCOC. The molecule has 1 saturated carbocycles. The summed E-state index contributed by atoms with van der Waals surface area (Å²) in [5.41, 5.74) is 0. The fourth-order valence-corrected chi connectivity index (χ4v) is 2.60. The van der Waals surface area contributed by atoms with Crippen LogP contribution in [0.3, 0.4) is 0 Å². The van der Waals surface area contributed by atoms with Crippen molar-refractivity contribution in [2.45, 2.75) is 51.9 Å². The molecule has 2 atom stereocenters. The van der Waals surface area contributed by atoms with Gasteiger partial charge in [0.15, 0.2) is 0 Å². The molecule has 1 rings (SSSR count). The number of hydrogen-bond acceptors (Lipinski definition) is 2. The summed E-state index contributed by atoms with van der Waals surface area (Å²) < 4.78 is 5.10. The smallest absolute Gasteiger partial charge is 0.136 e. The van der Waals surface area contributed by atoms with Gasteiger partial charge in [0.1, 0.15) is 5.78 Å². The topological polar surface area (TPSA) is 26.3 Å². The number of carbonyl (C=O) groups is 1. The van der Waals surface area contributed by atoms with Gasteiger partial charge in [-0.1, -0.05) is 26.2 Å². The van der Waals surface area contributed by atoms with Gasteiger partial charge >= 0.3 is 0 Å². The van der Waals surface area contributed by atoms with Crippen LogP contribution in [0.25, 0.3) is 0 Å². The molecule has 0 spiro atoms. The van der Waals surface area contributed by atoms with Crippen molar-refractivity contribution in [3.05, 3.63) is 0 Å². The molecule has 0 amide bonds. The van der Waals surface area contributed by atoms with Gasteiger partial charge in [0.2, 0.25) is 0 Å². The first-order chi connectivity index (χ1) is 7.29. The number of carbonyl (C=O) groups excluding carboxylic acids is 1. The molecule has 1 aliphatic carbocycles. The maximum atomic E-state index is 11.7. The van der Waals surface area contributed by atoms with Crippen molar-refractivity contribution in [3.63, 3.8) is 0 Å². The van der Waals surface area contributed by atoms with Crippen molar-refractivity contribution < 1.29 is 9.53 Å². The van der Waals surface area contributed by atoms with Crippen LogP contribution in [0, 0.1) is 11.8 Å². The predicted octanol–water partition coefficient (Wildman–Crippen LogP) is 3.20. The molecule has 0 aromatic rings. The van der Waals surface area contributed by atoms with Gasteiger partial charge in [-0.2, -0.15) is 0 Å². The van der Waals surface area contributed by atoms with Crippen molar-refractivity contribution >= 4 is 5.78 Å². The number of ketones is 1. The Kier molecular flexibility index (Phi) is 5.92. The maximum Gasteiger partial charge on any atom is 0.136 e. The normalized spacial score (nSPS) is 26.1. The zero-order chi connectivity index (χ0) is 11.1. The van der Waals surface area contributed by atoms with Crippen molar-refractivity contribution in [1.29, 1.82) is 0 Å². The summed E-state index contributed by atoms with van der Waals surface area (Å²) in [6, 6.07) is 0. The average molecular weight is 212 g/mol. The van der Waals surface area contributed by atoms with Gasteiger partial charge in [-0.25, -0.2) is 0 Å². The second-order valence-corrected chi connectivity index (χ2v) is 4.65. The lowest BCUT2D eigenvalue weighted by molar-refractivity contribution is -0.121. The van der Waals surface area contributed by atoms with E-state index in [9.17, 15) is 4.79 Å². The Morgan fingerprint density at radius 3 is 2.80 bits per heavy atom. The molecule has 1 aliphatic rings. The second kappa shape index (κ2) is 7.00. The number of ether oxygens (including phenoxy) is 1. The van der Waals surface area contributed by atoms with E-state index in [1.54, 1.807) is 7.11 Å². The summed E-state index contributed by atoms with van der Waals surface area (Å²) in [5.74, 6) is 1.47. The van der Waals surface area contributed by atoms with Gasteiger partial charge < -0.3 is 4.74 Å². The molecule has 0 aliphatic heterocycles. The number of hydrogen-bond donors (Lipinski definition) is 0. The number of unbranched alkanes of at least 4 members (excludes halogenated alkanes) is 2. The van der Waals surface area contributed by atoms with Crippen LogP contribution in [0.2, 0.25) is 0 Å². The largest absolute Gasteiger partial charge is 0.385 e. The zero-order valence-corrected chi connectivity index (χ0v) is 10.1. The third-order valence-electron chi connectivity index (χ3n) is 3.56. The molecule has 0 N–H and O–H groups in total. The van der Waals surface area contributed by atoms with Crippen molar-refractivity contribution in [2.24, 2.45) is 11.8 Å². The van der Waals surface area contributed by atoms with Crippen LogP contribution in [0.1, 0.15) is 51.9 Å². The highest BCUT2D eigenvalue weighted by Gasteiger charge is 2.33. The molecule has 2 unspecified atom stereocenters. The van der Waals surface area contributed by atoms with Crippen LogP contribution >= 0.6 is 0 Å². The first kappa shape index (κ1) is 12.7. The molecule has 1 fully saturated rings. The second-order valence-electron chi connectivity index (χ2n) is 4.65. The summed E-state index contributed by atoms with van der Waals surface area (Å²) in [5, 5.41) is 0. The van der Waals surface area contributed by atoms with E-state index in [1.807, 2.05) is 0 Å². The predicted molar refractivity (Wildman–Crippen MR) is 61.9 cm³/mol. The van der Waals surface area contributed by atoms with Crippen LogP contribution in [0.15, 0.2) is 0 Å². The number of rotatable bonds is 7. The molecular weight excluding hydrogens is 188 g/mol. The van der Waals surface area contributed by atoms with E-state index >= 15 is 0 Å². The zero-order valence-electron chi connectivity index (χ0n) is 10.1. The first-order valence-corrected chi connectivity index (χ1v) is 6.31. The molecule has 15 heavy (non-hydrogen) atoms. The van der Waals surface area contributed by atoms with Gasteiger partial charge in [0, 0.05) is 26.1 Å². The van der Waals surface area contributed by atoms with Crippen molar-refractivity contribution in [3.8, 4) is 0 Å². The highest BCUT2D eigenvalue weighted by Crippen LogP contribution is 2.34. The Bertz CT molecular complexity index is 189. The molecule has 2 heteroatoms. The average Bonchev–Trinajstić information content (AvgIpc) is 2.58. The van der Waals surface area contributed by atoms with E-state index < -0.39 is 0 Å². The lowest BCUT2D eigenvalue weighted by Crippen LogP contribution is -2.16. The Morgan fingerprint density at radius 2 is 2.13 bits per heavy atom. The minimum Gasteiger partial charge on any atom is -0.385 e. The molecule has 2 nitrogen and oxygen atoms in total. The molecule has 0 bridgehead atoms. The molecular formula is C13H24O2. The Hall–Kier alpha value is -0.370. The summed E-state index contributed by atoms with van der Waals surface area (Å²) >= 11 is 0. The van der Waals surface area contributed by atoms with E-state index in [0.717, 1.165) is 32.3 Å². The molecule has 0 radical (unpaired) electrons. The minimum atomic E-state index is 0.353. The van der Waals surface area contributed by atoms with Crippen molar-refractivity contribution in [2.75, 3.05) is 13.7 Å². The highest BCUT2D eigenvalue weighted by molar-refractivity contribution is 5.83. The highest BCUT2D eigenvalue weighted by atomic mass is 16.5. The summed E-state index contributed by atoms with van der Waals surface area (Å²) in [6.07, 6.45) is 7.81. The molecule has 0 heterocycles. The molecule has 0 saturated heterocycles. The summed E-state index contributed by atoms with van der Waals surface area (Å²) in [4.78, 5) is 11.7. The molecule has 0 aromatic heterocycles. The monoisotopic (exact) mass is 212 g/mol. The lowest BCUT2D eigenvalue weighted by Gasteiger charge is -2.17. The fourth-order valence-electron chi connectivity index (χ4n) is 2.60. The van der Waals surface area contributed by atoms with Crippen LogP contribution in [0.4, 0.5) is 0 Å².